The maximum atomic E-state index is 12.8. The van der Waals surface area contributed by atoms with Gasteiger partial charge in [-0.15, -0.1) is 0 Å². The van der Waals surface area contributed by atoms with E-state index in [9.17, 15) is 38.4 Å². The van der Waals surface area contributed by atoms with Crippen molar-refractivity contribution in [3.8, 4) is 0 Å². The first-order valence-corrected chi connectivity index (χ1v) is 19.8. The van der Waals surface area contributed by atoms with Crippen LogP contribution in [0.15, 0.2) is 97.1 Å². The van der Waals surface area contributed by atoms with Crippen LogP contribution in [0.4, 0.5) is 0 Å². The Labute approximate surface area is 354 Å². The quantitative estimate of drug-likeness (QED) is 0.0382. The SMILES string of the molecule is O=Cc1ccc(C(=O)CCCOCC(COCCCC(=O)c2ccc(C=O)cc2)(COCCNC(=O)c2ccc(C=O)cc2)COCCNC(=O)c2ccc(C=O)cc2)cc1. The molecule has 0 saturated carbocycles. The first-order valence-electron chi connectivity index (χ1n) is 19.8. The average Bonchev–Trinajstić information content (AvgIpc) is 3.30. The molecule has 61 heavy (non-hydrogen) atoms. The Bertz CT molecular complexity index is 1750. The summed E-state index contributed by atoms with van der Waals surface area (Å²) in [7, 11) is 0. The number of hydrogen-bond acceptors (Lipinski definition) is 12. The number of hydrogen-bond donors (Lipinski definition) is 2. The number of nitrogens with one attached hydrogen (secondary N) is 2. The van der Waals surface area contributed by atoms with Gasteiger partial charge in [0.05, 0.1) is 45.1 Å². The summed E-state index contributed by atoms with van der Waals surface area (Å²) >= 11 is 0. The molecular weight excluding hydrogens is 785 g/mol. The van der Waals surface area contributed by atoms with Crippen molar-refractivity contribution in [3.05, 3.63) is 142 Å². The second kappa shape index (κ2) is 26.0. The van der Waals surface area contributed by atoms with Crippen molar-refractivity contribution in [1.29, 1.82) is 0 Å². The van der Waals surface area contributed by atoms with E-state index in [1.165, 1.54) is 0 Å². The lowest BCUT2D eigenvalue weighted by Crippen LogP contribution is -2.43. The number of amides is 2. The number of ketones is 2. The molecule has 0 heterocycles. The minimum atomic E-state index is -0.910. The van der Waals surface area contributed by atoms with E-state index < -0.39 is 5.41 Å². The van der Waals surface area contributed by atoms with Crippen LogP contribution in [-0.2, 0) is 18.9 Å². The predicted octanol–water partition coefficient (Wildman–Crippen LogP) is 5.48. The summed E-state index contributed by atoms with van der Waals surface area (Å²) in [4.78, 5) is 94.9. The van der Waals surface area contributed by atoms with E-state index in [2.05, 4.69) is 10.6 Å². The maximum absolute atomic E-state index is 12.8. The van der Waals surface area contributed by atoms with E-state index in [-0.39, 0.29) is 102 Å². The third kappa shape index (κ3) is 16.3. The Morgan fingerprint density at radius 3 is 0.984 bits per heavy atom. The van der Waals surface area contributed by atoms with Crippen molar-refractivity contribution < 1.29 is 57.3 Å². The normalized spacial score (nSPS) is 11.0. The van der Waals surface area contributed by atoms with E-state index in [1.807, 2.05) is 0 Å². The van der Waals surface area contributed by atoms with Crippen LogP contribution < -0.4 is 10.6 Å². The molecule has 2 N–H and O–H groups in total. The molecule has 0 aliphatic rings. The number of rotatable bonds is 30. The highest BCUT2D eigenvalue weighted by Gasteiger charge is 2.33. The summed E-state index contributed by atoms with van der Waals surface area (Å²) in [5, 5.41) is 5.58. The van der Waals surface area contributed by atoms with Crippen LogP contribution in [0.1, 0.15) is 109 Å². The Morgan fingerprint density at radius 2 is 0.689 bits per heavy atom. The summed E-state index contributed by atoms with van der Waals surface area (Å²) < 4.78 is 24.4. The number of carbonyl (C=O) groups excluding carboxylic acids is 8. The fraction of sp³-hybridized carbons (Fsp3) is 0.319. The molecule has 0 aliphatic carbocycles. The fourth-order valence-corrected chi connectivity index (χ4v) is 5.96. The lowest BCUT2D eigenvalue weighted by molar-refractivity contribution is -0.106. The van der Waals surface area contributed by atoms with Gasteiger partial charge in [-0.2, -0.15) is 0 Å². The molecule has 0 aliphatic heterocycles. The highest BCUT2D eigenvalue weighted by Crippen LogP contribution is 2.22. The topological polar surface area (TPSA) is 198 Å². The molecule has 320 valence electrons. The van der Waals surface area contributed by atoms with Gasteiger partial charge in [-0.1, -0.05) is 72.8 Å². The van der Waals surface area contributed by atoms with Gasteiger partial charge in [-0.05, 0) is 37.1 Å². The minimum Gasteiger partial charge on any atom is -0.381 e. The van der Waals surface area contributed by atoms with Crippen LogP contribution in [-0.4, -0.2) is 114 Å². The van der Waals surface area contributed by atoms with Gasteiger partial charge in [-0.25, -0.2) is 0 Å². The molecule has 2 amide bonds. The third-order valence-electron chi connectivity index (χ3n) is 9.44. The van der Waals surface area contributed by atoms with Crippen molar-refractivity contribution in [3.63, 3.8) is 0 Å². The molecule has 14 heteroatoms. The van der Waals surface area contributed by atoms with Crippen LogP contribution in [0, 0.1) is 5.41 Å². The highest BCUT2D eigenvalue weighted by atomic mass is 16.5. The van der Waals surface area contributed by atoms with Crippen molar-refractivity contribution >= 4 is 48.5 Å². The molecule has 0 spiro atoms. The zero-order chi connectivity index (χ0) is 43.7. The minimum absolute atomic E-state index is 0.0658. The Hall–Kier alpha value is -6.32. The lowest BCUT2D eigenvalue weighted by atomic mass is 9.92. The van der Waals surface area contributed by atoms with Gasteiger partial charge >= 0.3 is 0 Å². The highest BCUT2D eigenvalue weighted by molar-refractivity contribution is 5.97. The van der Waals surface area contributed by atoms with Gasteiger partial charge in [-0.3, -0.25) is 38.4 Å². The third-order valence-corrected chi connectivity index (χ3v) is 9.44. The molecule has 0 saturated heterocycles. The van der Waals surface area contributed by atoms with Gasteiger partial charge in [0, 0.05) is 83.7 Å². The van der Waals surface area contributed by atoms with E-state index in [0.29, 0.717) is 82.5 Å². The predicted molar refractivity (Wildman–Crippen MR) is 225 cm³/mol. The van der Waals surface area contributed by atoms with E-state index >= 15 is 0 Å². The number of benzene rings is 4. The summed E-state index contributed by atoms with van der Waals surface area (Å²) in [6.45, 7) is 1.31. The Kier molecular flexibility index (Phi) is 20.2. The van der Waals surface area contributed by atoms with Gasteiger partial charge in [0.1, 0.15) is 25.1 Å². The fourth-order valence-electron chi connectivity index (χ4n) is 5.96. The maximum Gasteiger partial charge on any atom is 0.251 e. The van der Waals surface area contributed by atoms with Crippen molar-refractivity contribution in [2.24, 2.45) is 5.41 Å². The standard InChI is InChI=1S/C47H50N2O12/c50-27-35-5-13-39(14-6-35)43(54)3-1-23-58-31-47(32-59-24-2-4-44(55)40-15-7-36(28-51)8-16-40,33-60-25-21-48-45(56)41-17-9-37(29-52)10-18-41)34-61-26-22-49-46(57)42-19-11-38(30-53)12-20-42/h5-20,27-30H,1-4,21-26,31-34H2,(H,48,56)(H,49,57). The summed E-state index contributed by atoms with van der Waals surface area (Å²) in [5.41, 5.74) is 2.67. The smallest absolute Gasteiger partial charge is 0.251 e. The number of ether oxygens (including phenoxy) is 4. The van der Waals surface area contributed by atoms with Crippen molar-refractivity contribution in [2.75, 3.05) is 65.9 Å². The Morgan fingerprint density at radius 1 is 0.410 bits per heavy atom. The second-order valence-electron chi connectivity index (χ2n) is 14.2. The van der Waals surface area contributed by atoms with Gasteiger partial charge in [0.2, 0.25) is 0 Å². The van der Waals surface area contributed by atoms with Crippen LogP contribution in [0.25, 0.3) is 0 Å². The molecule has 14 nitrogen and oxygen atoms in total. The lowest BCUT2D eigenvalue weighted by Gasteiger charge is -2.33. The average molecular weight is 835 g/mol. The molecular formula is C47H50N2O12. The van der Waals surface area contributed by atoms with E-state index in [1.54, 1.807) is 97.1 Å². The van der Waals surface area contributed by atoms with Crippen LogP contribution in [0.5, 0.6) is 0 Å². The molecule has 0 radical (unpaired) electrons. The number of carbonyl (C=O) groups is 8. The van der Waals surface area contributed by atoms with Crippen molar-refractivity contribution in [2.45, 2.75) is 25.7 Å². The van der Waals surface area contributed by atoms with E-state index in [4.69, 9.17) is 18.9 Å². The van der Waals surface area contributed by atoms with Crippen molar-refractivity contribution in [1.82, 2.24) is 10.6 Å². The first kappa shape index (κ1) is 47.4. The molecule has 4 aromatic carbocycles. The molecule has 0 unspecified atom stereocenters. The zero-order valence-corrected chi connectivity index (χ0v) is 33.8. The molecule has 4 aromatic rings. The first-order chi connectivity index (χ1) is 29.7. The molecule has 0 atom stereocenters. The molecule has 0 aromatic heterocycles. The second-order valence-corrected chi connectivity index (χ2v) is 14.2. The van der Waals surface area contributed by atoms with Gasteiger partial charge in [0.25, 0.3) is 11.8 Å². The molecule has 0 bridgehead atoms. The largest absolute Gasteiger partial charge is 0.381 e. The van der Waals surface area contributed by atoms with Crippen LogP contribution in [0.2, 0.25) is 0 Å². The summed E-state index contributed by atoms with van der Waals surface area (Å²) in [6.07, 6.45) is 4.03. The molecule has 4 rings (SSSR count). The zero-order valence-electron chi connectivity index (χ0n) is 33.8. The number of aldehydes is 4. The van der Waals surface area contributed by atoms with Gasteiger partial charge in [0.15, 0.2) is 11.6 Å². The number of Topliss-reactive ketones (excluding diaryl/α,β-unsaturated/α-hetero) is 2. The monoisotopic (exact) mass is 834 g/mol. The van der Waals surface area contributed by atoms with E-state index in [0.717, 1.165) is 0 Å². The Balaban J connectivity index is 1.38. The molecule has 0 fully saturated rings. The summed E-state index contributed by atoms with van der Waals surface area (Å²) in [5.74, 6) is -0.875. The van der Waals surface area contributed by atoms with Crippen LogP contribution >= 0.6 is 0 Å². The van der Waals surface area contributed by atoms with Crippen LogP contribution in [0.3, 0.4) is 0 Å². The van der Waals surface area contributed by atoms with Gasteiger partial charge < -0.3 is 29.6 Å². The summed E-state index contributed by atoms with van der Waals surface area (Å²) in [6, 6.07) is 25.2.